The zero-order valence-electron chi connectivity index (χ0n) is 46.9. The number of nitrogens with one attached hydrogen (secondary N) is 3. The lowest BCUT2D eigenvalue weighted by molar-refractivity contribution is 0.806. The van der Waals surface area contributed by atoms with Crippen LogP contribution >= 0.6 is 98.6 Å². The van der Waals surface area contributed by atoms with Gasteiger partial charge in [0.05, 0.1) is 23.2 Å². The minimum Gasteiger partial charge on any atom is -0.402 e. The molecule has 0 saturated heterocycles. The van der Waals surface area contributed by atoms with Gasteiger partial charge in [0.1, 0.15) is 83.5 Å². The van der Waals surface area contributed by atoms with Crippen molar-refractivity contribution in [1.29, 1.82) is 5.26 Å². The highest BCUT2D eigenvalue weighted by atomic mass is 127. The molecular weight excluding hydrogens is 1330 g/mol. The van der Waals surface area contributed by atoms with Crippen LogP contribution in [0.1, 0.15) is 82.8 Å². The first kappa shape index (κ1) is 83.4. The van der Waals surface area contributed by atoms with Gasteiger partial charge < -0.3 is 33.3 Å². The number of nitrogen functional groups attached to an aromatic ring is 3. The minimum atomic E-state index is 0. The molecule has 83 heavy (non-hydrogen) atoms. The van der Waals surface area contributed by atoms with Crippen molar-refractivity contribution in [2.75, 3.05) is 72.5 Å². The number of nitrogens with zero attached hydrogens (tertiary/aromatic N) is 17. The average molecular weight is 1420 g/mol. The summed E-state index contributed by atoms with van der Waals surface area (Å²) in [4.78, 5) is 41.9. The molecule has 11 N–H and O–H groups in total. The van der Waals surface area contributed by atoms with Crippen molar-refractivity contribution in [1.82, 2.24) is 79.2 Å². The fourth-order valence-electron chi connectivity index (χ4n) is 6.00. The molecule has 0 bridgehead atoms. The zero-order chi connectivity index (χ0) is 58.6. The van der Waals surface area contributed by atoms with Crippen LogP contribution in [0.5, 0.6) is 0 Å². The van der Waals surface area contributed by atoms with Gasteiger partial charge in [-0.05, 0) is 93.2 Å². The largest absolute Gasteiger partial charge is 0.402 e. The summed E-state index contributed by atoms with van der Waals surface area (Å²) in [7, 11) is 3.71. The zero-order valence-corrected chi connectivity index (χ0v) is 54.8. The predicted octanol–water partition coefficient (Wildman–Crippen LogP) is 12.0. The Morgan fingerprint density at radius 3 is 1.23 bits per heavy atom. The molecule has 31 heteroatoms. The number of hydrazine groups is 1. The van der Waals surface area contributed by atoms with Crippen molar-refractivity contribution in [3.05, 3.63) is 112 Å². The monoisotopic (exact) mass is 1410 g/mol. The van der Waals surface area contributed by atoms with Crippen molar-refractivity contribution >= 4 is 128 Å². The van der Waals surface area contributed by atoms with E-state index < -0.39 is 0 Å². The molecule has 0 spiro atoms. The van der Waals surface area contributed by atoms with Gasteiger partial charge in [0.15, 0.2) is 17.5 Å². The Labute approximate surface area is 539 Å². The first-order chi connectivity index (χ1) is 37.1. The molecule has 0 radical (unpaired) electrons. The quantitative estimate of drug-likeness (QED) is 0.0127. The van der Waals surface area contributed by atoms with Crippen molar-refractivity contribution in [3.8, 4) is 23.5 Å². The number of thioether (sulfide) groups is 4. The van der Waals surface area contributed by atoms with Gasteiger partial charge in [-0.3, -0.25) is 0 Å². The normalized spacial score (nSPS) is 9.54. The van der Waals surface area contributed by atoms with Gasteiger partial charge in [0.25, 0.3) is 0 Å². The van der Waals surface area contributed by atoms with E-state index in [1.54, 1.807) is 99.2 Å². The Morgan fingerprint density at radius 2 is 0.892 bits per heavy atom. The fourth-order valence-corrected chi connectivity index (χ4v) is 8.09. The summed E-state index contributed by atoms with van der Waals surface area (Å²) in [6, 6.07) is 16.6. The molecule has 0 fully saturated rings. The third-order valence-corrected chi connectivity index (χ3v) is 11.7. The summed E-state index contributed by atoms with van der Waals surface area (Å²) in [5.74, 6) is 16.2. The Balaban J connectivity index is -0.000000453. The van der Waals surface area contributed by atoms with Gasteiger partial charge in [-0.15, -0.1) is 71.0 Å². The van der Waals surface area contributed by atoms with Crippen molar-refractivity contribution in [2.45, 2.75) is 112 Å². The van der Waals surface area contributed by atoms with E-state index in [1.807, 2.05) is 124 Å². The molecule has 0 amide bonds. The van der Waals surface area contributed by atoms with Crippen LogP contribution in [0.15, 0.2) is 80.4 Å². The van der Waals surface area contributed by atoms with Gasteiger partial charge in [-0.25, -0.2) is 55.7 Å². The van der Waals surface area contributed by atoms with Gasteiger partial charge in [-0.1, -0.05) is 57.2 Å². The molecule has 24 nitrogen and oxygen atoms in total. The number of hydrogen-bond acceptors (Lipinski definition) is 25. The third kappa shape index (κ3) is 29.3. The van der Waals surface area contributed by atoms with Crippen molar-refractivity contribution in [3.63, 3.8) is 0 Å². The predicted molar refractivity (Wildman–Crippen MR) is 368 cm³/mol. The van der Waals surface area contributed by atoms with E-state index in [0.717, 1.165) is 77.9 Å². The van der Waals surface area contributed by atoms with Gasteiger partial charge in [0, 0.05) is 74.4 Å². The van der Waals surface area contributed by atoms with Crippen LogP contribution in [-0.4, -0.2) is 124 Å². The highest BCUT2D eigenvalue weighted by molar-refractivity contribution is 14.0. The average Bonchev–Trinajstić information content (AvgIpc) is 4.15. The summed E-state index contributed by atoms with van der Waals surface area (Å²) >= 11 is 14.9. The second-order valence-electron chi connectivity index (χ2n) is 15.4. The number of anilines is 5. The maximum absolute atomic E-state index is 7.83. The topological polar surface area (TPSA) is 346 Å². The van der Waals surface area contributed by atoms with Crippen LogP contribution in [0.2, 0.25) is 5.15 Å². The molecule has 0 aromatic carbocycles. The molecule has 8 rings (SSSR count). The molecule has 8 heterocycles. The fraction of sp³-hybridized carbons (Fsp3) is 0.385. The van der Waals surface area contributed by atoms with Gasteiger partial charge in [0.2, 0.25) is 0 Å². The lowest BCUT2D eigenvalue weighted by Gasteiger charge is -2.07. The summed E-state index contributed by atoms with van der Waals surface area (Å²) < 4.78 is 5.13. The Kier molecular flexibility index (Phi) is 43.7. The van der Waals surface area contributed by atoms with Crippen LogP contribution in [0, 0.1) is 66.7 Å². The Hall–Kier alpha value is -6.08. The molecule has 8 aromatic rings. The molecule has 0 aliphatic rings. The van der Waals surface area contributed by atoms with Gasteiger partial charge >= 0.3 is 0 Å². The van der Waals surface area contributed by atoms with E-state index in [-0.39, 0.29) is 53.7 Å². The molecule has 0 unspecified atom stereocenters. The van der Waals surface area contributed by atoms with E-state index in [1.165, 1.54) is 6.08 Å². The van der Waals surface area contributed by atoms with Crippen LogP contribution in [-0.2, 0) is 0 Å². The number of aryl methyl sites for hydroxylation is 8. The molecule has 458 valence electrons. The molecular formula is C52H85BrClIN24S4. The first-order valence-electron chi connectivity index (χ1n) is 22.9. The maximum atomic E-state index is 7.83. The summed E-state index contributed by atoms with van der Waals surface area (Å²) in [6.45, 7) is 16.7. The van der Waals surface area contributed by atoms with Crippen molar-refractivity contribution in [2.24, 2.45) is 11.6 Å². The first-order valence-corrected chi connectivity index (χ1v) is 29.8. The number of hydrogen-bond donors (Lipinski definition) is 7. The van der Waals surface area contributed by atoms with E-state index in [4.69, 9.17) is 39.9 Å². The van der Waals surface area contributed by atoms with E-state index in [2.05, 4.69) is 97.1 Å². The lowest BCUT2D eigenvalue weighted by atomic mass is 10.4. The number of nitrogens with two attached hydrogens (primary N) is 4. The third-order valence-electron chi connectivity index (χ3n) is 9.01. The molecule has 0 aliphatic carbocycles. The van der Waals surface area contributed by atoms with Crippen molar-refractivity contribution < 1.29 is 0 Å². The number of allylic oxidation sites excluding steroid dienone is 2. The number of aromatic nitrogens is 16. The van der Waals surface area contributed by atoms with Gasteiger partial charge in [-0.2, -0.15) is 34.6 Å². The molecule has 0 saturated carbocycles. The van der Waals surface area contributed by atoms with E-state index in [9.17, 15) is 0 Å². The Morgan fingerprint density at radius 1 is 0.542 bits per heavy atom. The maximum Gasteiger partial charge on any atom is 0.161 e. The highest BCUT2D eigenvalue weighted by Crippen LogP contribution is 2.21. The SMILES string of the molecule is C.C.C.C.C/C(N)=C/C#N.CBr.CNc1cc(C)nn1-c1cc(N)nc(C)n1.CNc1cc(C)nn1-c1cc(SC)nc(C)n1.CSc1cc(-n2nc(C)cc2N)nc(C)n1.CSc1cc(Cl)nc(C)n1.CSc1cc(NN)nc(C)n1.I. The smallest absolute Gasteiger partial charge is 0.161 e. The Bertz CT molecular complexity index is 3160. The van der Waals surface area contributed by atoms with Crippen LogP contribution in [0.3, 0.4) is 0 Å². The van der Waals surface area contributed by atoms with Crippen LogP contribution in [0.25, 0.3) is 17.5 Å². The number of halogens is 3. The number of alkyl halides is 1. The standard InChI is InChI=1S/C11H15N5S.C10H14N6.C10H13N5S.C6H7ClN2S.C6H10N4S.C4H6N2.CH3Br.4CH4.HI/c1-7-5-9(12-3)16(15-7)10-6-11(17-4)14-8(2)13-10;1-6-4-9(12-3)16(15-6)10-5-8(11)13-7(2)14-10;1-6-4-8(11)15(14-6)9-5-10(16-3)13-7(2)12-9;1-4-8-5(7)3-6(9-4)10-2;1-4-8-5(10-7)3-6(9-4)11-2;1-4(6)2-3-5;1-2;;;;;/h5-6,12H,1-4H3;4-5,12H,1-3H3,(H2,11,13,14);4-5H,11H2,1-3H3;3H,1-2H3;3H,7H2,1-2H3,(H,8,9,10);2H,6H2,1H3;1H3;4*1H4;1H/b;;;;;4-2-;;;;;;. The minimum absolute atomic E-state index is 0. The molecule has 0 atom stereocenters. The van der Waals surface area contributed by atoms with Crippen LogP contribution in [0.4, 0.5) is 29.1 Å². The molecule has 0 aliphatic heterocycles. The second-order valence-corrected chi connectivity index (χ2v) is 19.1. The van der Waals surface area contributed by atoms with Crippen LogP contribution < -0.4 is 39.1 Å². The van der Waals surface area contributed by atoms with E-state index >= 15 is 0 Å². The lowest BCUT2D eigenvalue weighted by Crippen LogP contribution is -2.09. The van der Waals surface area contributed by atoms with E-state index in [0.29, 0.717) is 45.8 Å². The number of nitriles is 1. The second kappa shape index (κ2) is 43.5. The summed E-state index contributed by atoms with van der Waals surface area (Å²) in [6.07, 6.45) is 9.18. The highest BCUT2D eigenvalue weighted by Gasteiger charge is 2.12. The summed E-state index contributed by atoms with van der Waals surface area (Å²) in [5, 5.41) is 31.2. The molecule has 8 aromatic heterocycles. The summed E-state index contributed by atoms with van der Waals surface area (Å²) in [5.41, 5.74) is 22.3. The number of rotatable bonds is 10.